The molecule has 1 N–H and O–H groups in total. The number of aromatic nitrogens is 4. The van der Waals surface area contributed by atoms with Crippen LogP contribution in [0.15, 0.2) is 48.9 Å². The van der Waals surface area contributed by atoms with Crippen LogP contribution in [-0.4, -0.2) is 46.0 Å². The Kier molecular flexibility index (Phi) is 5.03. The number of fused-ring (bicyclic) bond motifs is 2. The molecule has 2 aromatic heterocycles. The zero-order valence-corrected chi connectivity index (χ0v) is 19.4. The fourth-order valence-electron chi connectivity index (χ4n) is 4.92. The van der Waals surface area contributed by atoms with Gasteiger partial charge in [0.2, 0.25) is 5.91 Å². The van der Waals surface area contributed by atoms with E-state index in [4.69, 9.17) is 9.47 Å². The van der Waals surface area contributed by atoms with Crippen LogP contribution in [0.3, 0.4) is 0 Å². The monoisotopic (exact) mass is 473 g/mol. The average Bonchev–Trinajstić information content (AvgIpc) is 3.21. The number of carbonyl (C=O) groups is 1. The quantitative estimate of drug-likeness (QED) is 0.449. The van der Waals surface area contributed by atoms with Crippen molar-refractivity contribution in [1.29, 1.82) is 0 Å². The van der Waals surface area contributed by atoms with Gasteiger partial charge in [-0.25, -0.2) is 14.4 Å². The third-order valence-corrected chi connectivity index (χ3v) is 7.04. The van der Waals surface area contributed by atoms with Gasteiger partial charge in [-0.15, -0.1) is 0 Å². The average molecular weight is 474 g/mol. The van der Waals surface area contributed by atoms with E-state index in [0.29, 0.717) is 64.6 Å². The Morgan fingerprint density at radius 2 is 2.11 bits per heavy atom. The van der Waals surface area contributed by atoms with Gasteiger partial charge < -0.3 is 14.8 Å². The number of nitrogens with one attached hydrogen (secondary N) is 1. The zero-order valence-electron chi connectivity index (χ0n) is 19.4. The number of aryl methyl sites for hydroxylation is 1. The van der Waals surface area contributed by atoms with Gasteiger partial charge in [-0.3, -0.25) is 9.48 Å². The highest BCUT2D eigenvalue weighted by Crippen LogP contribution is 2.57. The molecule has 0 bridgehead atoms. The number of nitrogens with zero attached hydrogens (tertiary/aromatic N) is 4. The highest BCUT2D eigenvalue weighted by Gasteiger charge is 2.63. The molecule has 6 rings (SSSR count). The Labute approximate surface area is 201 Å². The summed E-state index contributed by atoms with van der Waals surface area (Å²) in [6.45, 7) is 3.65. The van der Waals surface area contributed by atoms with Crippen molar-refractivity contribution in [1.82, 2.24) is 19.7 Å². The van der Waals surface area contributed by atoms with Gasteiger partial charge in [0.25, 0.3) is 0 Å². The van der Waals surface area contributed by atoms with Gasteiger partial charge in [0.15, 0.2) is 0 Å². The van der Waals surface area contributed by atoms with Gasteiger partial charge in [0, 0.05) is 41.2 Å². The summed E-state index contributed by atoms with van der Waals surface area (Å²) < 4.78 is 27.6. The predicted octanol–water partition coefficient (Wildman–Crippen LogP) is 4.30. The topological polar surface area (TPSA) is 91.2 Å². The molecule has 1 aliphatic heterocycles. The molecular formula is C26H24FN5O3. The first-order valence-electron chi connectivity index (χ1n) is 11.6. The van der Waals surface area contributed by atoms with Crippen LogP contribution in [-0.2, 0) is 16.1 Å². The molecule has 2 atom stereocenters. The maximum Gasteiger partial charge on any atom is 0.233 e. The maximum atomic E-state index is 14.7. The number of methoxy groups -OCH3 is 1. The van der Waals surface area contributed by atoms with Crippen molar-refractivity contribution in [3.05, 3.63) is 54.7 Å². The fraction of sp³-hybridized carbons (Fsp3) is 0.308. The van der Waals surface area contributed by atoms with E-state index >= 15 is 0 Å². The summed E-state index contributed by atoms with van der Waals surface area (Å²) in [7, 11) is 1.55. The molecule has 8 nitrogen and oxygen atoms in total. The first-order valence-corrected chi connectivity index (χ1v) is 11.6. The normalized spacial score (nSPS) is 20.6. The standard InChI is InChI=1S/C26H24FN5O3/c1-3-32-11-18(24(31-32)16-6-4-5-7-19(16)27)23-17-8-21(22(34-2)9-20(17)28-14-29-23)30-25(33)26-10-15(26)12-35-13-26/h4-9,11,14-15H,3,10,12-13H2,1-2H3,(H,30,33)/t15-,26-/m1/s1. The molecule has 178 valence electrons. The fourth-order valence-corrected chi connectivity index (χ4v) is 4.92. The van der Waals surface area contributed by atoms with E-state index in [1.165, 1.54) is 12.4 Å². The maximum absolute atomic E-state index is 14.7. The van der Waals surface area contributed by atoms with Crippen LogP contribution < -0.4 is 10.1 Å². The number of benzene rings is 2. The summed E-state index contributed by atoms with van der Waals surface area (Å²) in [6, 6.07) is 10.1. The molecule has 2 aromatic carbocycles. The Hall–Kier alpha value is -3.85. The van der Waals surface area contributed by atoms with Gasteiger partial charge in [-0.2, -0.15) is 5.10 Å². The Bertz CT molecular complexity index is 1470. The van der Waals surface area contributed by atoms with Crippen LogP contribution in [0.1, 0.15) is 13.3 Å². The lowest BCUT2D eigenvalue weighted by Crippen LogP contribution is -2.27. The number of rotatable bonds is 6. The molecule has 35 heavy (non-hydrogen) atoms. The number of hydrogen-bond acceptors (Lipinski definition) is 6. The summed E-state index contributed by atoms with van der Waals surface area (Å²) in [5.41, 5.74) is 2.88. The minimum atomic E-state index is -0.448. The molecular weight excluding hydrogens is 449 g/mol. The minimum absolute atomic E-state index is 0.0677. The van der Waals surface area contributed by atoms with E-state index in [1.807, 2.05) is 19.2 Å². The van der Waals surface area contributed by atoms with Crippen LogP contribution in [0.5, 0.6) is 5.75 Å². The lowest BCUT2D eigenvalue weighted by Gasteiger charge is -2.16. The molecule has 0 radical (unpaired) electrons. The smallest absolute Gasteiger partial charge is 0.233 e. The molecule has 3 heterocycles. The lowest BCUT2D eigenvalue weighted by atomic mass is 10.0. The lowest BCUT2D eigenvalue weighted by molar-refractivity contribution is -0.121. The molecule has 9 heteroatoms. The first-order chi connectivity index (χ1) is 17.0. The first kappa shape index (κ1) is 21.7. The van der Waals surface area contributed by atoms with Crippen molar-refractivity contribution in [2.24, 2.45) is 11.3 Å². The van der Waals surface area contributed by atoms with Crippen molar-refractivity contribution in [3.8, 4) is 28.3 Å². The summed E-state index contributed by atoms with van der Waals surface area (Å²) >= 11 is 0. The van der Waals surface area contributed by atoms with E-state index in [0.717, 1.165) is 6.42 Å². The van der Waals surface area contributed by atoms with Crippen molar-refractivity contribution in [2.75, 3.05) is 25.6 Å². The van der Waals surface area contributed by atoms with Crippen LogP contribution >= 0.6 is 0 Å². The number of halogens is 1. The van der Waals surface area contributed by atoms with Gasteiger partial charge in [-0.1, -0.05) is 12.1 Å². The van der Waals surface area contributed by atoms with Gasteiger partial charge in [-0.05, 0) is 31.5 Å². The SMILES string of the molecule is CCn1cc(-c2ncnc3cc(OC)c(NC(=O)[C@]45COC[C@H]4C5)cc23)c(-c2ccccc2F)n1. The van der Waals surface area contributed by atoms with Crippen LogP contribution in [0.25, 0.3) is 33.4 Å². The second-order valence-corrected chi connectivity index (χ2v) is 9.05. The highest BCUT2D eigenvalue weighted by atomic mass is 19.1. The summed E-state index contributed by atoms with van der Waals surface area (Å²) in [6.07, 6.45) is 4.16. The summed E-state index contributed by atoms with van der Waals surface area (Å²) in [5.74, 6) is 0.347. The minimum Gasteiger partial charge on any atom is -0.494 e. The number of amides is 1. The zero-order chi connectivity index (χ0) is 24.2. The van der Waals surface area contributed by atoms with E-state index in [2.05, 4.69) is 20.4 Å². The molecule has 1 aliphatic carbocycles. The van der Waals surface area contributed by atoms with Crippen molar-refractivity contribution < 1.29 is 18.7 Å². The van der Waals surface area contributed by atoms with E-state index in [-0.39, 0.29) is 17.6 Å². The molecule has 2 fully saturated rings. The molecule has 1 amide bonds. The Morgan fingerprint density at radius 3 is 2.83 bits per heavy atom. The van der Waals surface area contributed by atoms with Crippen molar-refractivity contribution in [2.45, 2.75) is 19.9 Å². The summed E-state index contributed by atoms with van der Waals surface area (Å²) in [5, 5.41) is 8.37. The highest BCUT2D eigenvalue weighted by molar-refractivity contribution is 6.04. The second-order valence-electron chi connectivity index (χ2n) is 9.05. The number of ether oxygens (including phenoxy) is 2. The largest absolute Gasteiger partial charge is 0.494 e. The number of anilines is 1. The van der Waals surface area contributed by atoms with E-state index < -0.39 is 5.41 Å². The summed E-state index contributed by atoms with van der Waals surface area (Å²) in [4.78, 5) is 22.1. The van der Waals surface area contributed by atoms with Gasteiger partial charge in [0.1, 0.15) is 23.6 Å². The van der Waals surface area contributed by atoms with E-state index in [1.54, 1.807) is 36.1 Å². The van der Waals surface area contributed by atoms with Crippen molar-refractivity contribution >= 4 is 22.5 Å². The number of hydrogen-bond donors (Lipinski definition) is 1. The third kappa shape index (κ3) is 3.46. The molecule has 2 aliphatic rings. The van der Waals surface area contributed by atoms with Crippen LogP contribution in [0.4, 0.5) is 10.1 Å². The second kappa shape index (κ2) is 8.13. The molecule has 0 spiro atoms. The Morgan fingerprint density at radius 1 is 1.26 bits per heavy atom. The predicted molar refractivity (Wildman–Crippen MR) is 128 cm³/mol. The van der Waals surface area contributed by atoms with Crippen LogP contribution in [0.2, 0.25) is 0 Å². The third-order valence-electron chi connectivity index (χ3n) is 7.04. The molecule has 4 aromatic rings. The Balaban J connectivity index is 1.49. The van der Waals surface area contributed by atoms with Gasteiger partial charge >= 0.3 is 0 Å². The molecule has 1 saturated heterocycles. The van der Waals surface area contributed by atoms with Gasteiger partial charge in [0.05, 0.1) is 42.6 Å². The molecule has 0 unspecified atom stereocenters. The number of carbonyl (C=O) groups excluding carboxylic acids is 1. The molecule has 1 saturated carbocycles. The van der Waals surface area contributed by atoms with Crippen LogP contribution in [0, 0.1) is 17.2 Å². The van der Waals surface area contributed by atoms with E-state index in [9.17, 15) is 9.18 Å². The van der Waals surface area contributed by atoms with Crippen molar-refractivity contribution in [3.63, 3.8) is 0 Å².